The van der Waals surface area contributed by atoms with Crippen LogP contribution < -0.4 is 20.7 Å². The van der Waals surface area contributed by atoms with Gasteiger partial charge in [0.15, 0.2) is 11.2 Å². The lowest BCUT2D eigenvalue weighted by Crippen LogP contribution is -2.31. The molecule has 2 heterocycles. The number of benzene rings is 1. The van der Waals surface area contributed by atoms with Crippen molar-refractivity contribution in [3.8, 4) is 11.5 Å². The lowest BCUT2D eigenvalue weighted by molar-refractivity contribution is -0.130. The largest absolute Gasteiger partial charge is 0.497 e. The predicted molar refractivity (Wildman–Crippen MR) is 139 cm³/mol. The molecule has 0 spiro atoms. The molecule has 0 atom stereocenters. The van der Waals surface area contributed by atoms with Crippen LogP contribution in [0, 0.1) is 5.92 Å². The van der Waals surface area contributed by atoms with Crippen LogP contribution in [0.2, 0.25) is 0 Å². The smallest absolute Gasteiger partial charge is 0.330 e. The van der Waals surface area contributed by atoms with Crippen molar-refractivity contribution in [3.63, 3.8) is 0 Å². The second-order valence-electron chi connectivity index (χ2n) is 9.31. The van der Waals surface area contributed by atoms with E-state index >= 15 is 0 Å². The zero-order valence-corrected chi connectivity index (χ0v) is 21.9. The predicted octanol–water partition coefficient (Wildman–Crippen LogP) is 2.82. The Bertz CT molecular complexity index is 1270. The molecule has 0 aliphatic heterocycles. The van der Waals surface area contributed by atoms with Crippen LogP contribution in [0.15, 0.2) is 33.9 Å². The monoisotopic (exact) mass is 499 g/mol. The van der Waals surface area contributed by atoms with E-state index in [1.807, 2.05) is 35.8 Å². The van der Waals surface area contributed by atoms with Crippen LogP contribution in [0.5, 0.6) is 11.5 Å². The van der Waals surface area contributed by atoms with Crippen LogP contribution in [-0.4, -0.2) is 57.2 Å². The van der Waals surface area contributed by atoms with Crippen molar-refractivity contribution >= 4 is 17.1 Å². The van der Waals surface area contributed by atoms with Crippen molar-refractivity contribution < 1.29 is 14.3 Å². The van der Waals surface area contributed by atoms with E-state index in [0.29, 0.717) is 55.4 Å². The summed E-state index contributed by atoms with van der Waals surface area (Å²) in [4.78, 5) is 46.8. The molecule has 196 valence electrons. The molecule has 3 aromatic rings. The first-order chi connectivity index (χ1) is 17.2. The second kappa shape index (κ2) is 12.4. The summed E-state index contributed by atoms with van der Waals surface area (Å²) in [5.74, 6) is 2.30. The molecular formula is C26H37N5O5. The Balaban J connectivity index is 1.71. The topological polar surface area (TPSA) is 111 Å². The summed E-state index contributed by atoms with van der Waals surface area (Å²) in [6, 6.07) is 7.28. The van der Waals surface area contributed by atoms with Crippen LogP contribution in [0.4, 0.5) is 0 Å². The number of aryl methyl sites for hydroxylation is 2. The Morgan fingerprint density at radius 2 is 1.83 bits per heavy atom. The fourth-order valence-corrected chi connectivity index (χ4v) is 4.00. The minimum atomic E-state index is -0.450. The van der Waals surface area contributed by atoms with Gasteiger partial charge in [-0.3, -0.25) is 19.1 Å². The molecule has 0 bridgehead atoms. The SMILES string of the molecule is CCCCn1c(=O)[nH]c(=O)c2c1nc(CCC(=O)N(C)CCOc1ccc(OC)cc1)n2CC(C)C. The molecule has 3 rings (SSSR count). The van der Waals surface area contributed by atoms with Crippen LogP contribution in [0.3, 0.4) is 0 Å². The maximum atomic E-state index is 12.8. The third kappa shape index (κ3) is 6.56. The van der Waals surface area contributed by atoms with Gasteiger partial charge in [-0.1, -0.05) is 27.2 Å². The van der Waals surface area contributed by atoms with E-state index in [4.69, 9.17) is 9.47 Å². The van der Waals surface area contributed by atoms with Crippen LogP contribution in [0.25, 0.3) is 11.2 Å². The number of carbonyl (C=O) groups excluding carboxylic acids is 1. The van der Waals surface area contributed by atoms with Crippen molar-refractivity contribution in [2.75, 3.05) is 27.3 Å². The van der Waals surface area contributed by atoms with E-state index in [1.54, 1.807) is 19.1 Å². The lowest BCUT2D eigenvalue weighted by atomic mass is 10.2. The number of rotatable bonds is 13. The summed E-state index contributed by atoms with van der Waals surface area (Å²) < 4.78 is 14.3. The number of nitrogens with zero attached hydrogens (tertiary/aromatic N) is 4. The number of amides is 1. The maximum absolute atomic E-state index is 12.8. The molecule has 0 aliphatic carbocycles. The number of nitrogens with one attached hydrogen (secondary N) is 1. The van der Waals surface area contributed by atoms with Gasteiger partial charge < -0.3 is 18.9 Å². The number of H-pyrrole nitrogens is 1. The Morgan fingerprint density at radius 3 is 2.47 bits per heavy atom. The van der Waals surface area contributed by atoms with Crippen LogP contribution in [0.1, 0.15) is 45.9 Å². The minimum absolute atomic E-state index is 0.0474. The molecule has 36 heavy (non-hydrogen) atoms. The Morgan fingerprint density at radius 1 is 1.14 bits per heavy atom. The third-order valence-electron chi connectivity index (χ3n) is 5.99. The van der Waals surface area contributed by atoms with Gasteiger partial charge in [-0.15, -0.1) is 0 Å². The molecule has 10 nitrogen and oxygen atoms in total. The molecule has 0 saturated heterocycles. The average Bonchev–Trinajstić information content (AvgIpc) is 3.20. The number of aromatic amines is 1. The first kappa shape index (κ1) is 27.0. The molecule has 0 aliphatic rings. The number of hydrogen-bond acceptors (Lipinski definition) is 6. The summed E-state index contributed by atoms with van der Waals surface area (Å²) in [6.45, 7) is 8.00. The number of unbranched alkanes of at least 4 members (excludes halogenated alkanes) is 1. The van der Waals surface area contributed by atoms with E-state index in [-0.39, 0.29) is 18.2 Å². The van der Waals surface area contributed by atoms with Crippen molar-refractivity contribution in [2.24, 2.45) is 5.92 Å². The van der Waals surface area contributed by atoms with Gasteiger partial charge in [-0.25, -0.2) is 9.78 Å². The molecule has 1 aromatic carbocycles. The average molecular weight is 500 g/mol. The molecule has 0 radical (unpaired) electrons. The molecule has 2 aromatic heterocycles. The Hall–Kier alpha value is -3.56. The van der Waals surface area contributed by atoms with Crippen LogP contribution in [-0.2, 0) is 24.3 Å². The fraction of sp³-hybridized carbons (Fsp3) is 0.538. The van der Waals surface area contributed by atoms with Crippen molar-refractivity contribution in [3.05, 3.63) is 50.9 Å². The first-order valence-electron chi connectivity index (χ1n) is 12.5. The number of aromatic nitrogens is 4. The van der Waals surface area contributed by atoms with Crippen molar-refractivity contribution in [1.29, 1.82) is 0 Å². The second-order valence-corrected chi connectivity index (χ2v) is 9.31. The van der Waals surface area contributed by atoms with Gasteiger partial charge in [-0.05, 0) is 36.6 Å². The van der Waals surface area contributed by atoms with Gasteiger partial charge in [0, 0.05) is 33.0 Å². The molecule has 0 unspecified atom stereocenters. The molecule has 1 N–H and O–H groups in total. The summed E-state index contributed by atoms with van der Waals surface area (Å²) >= 11 is 0. The van der Waals surface area contributed by atoms with Gasteiger partial charge in [0.2, 0.25) is 5.91 Å². The maximum Gasteiger partial charge on any atom is 0.330 e. The number of methoxy groups -OCH3 is 1. The summed E-state index contributed by atoms with van der Waals surface area (Å²) in [7, 11) is 3.35. The highest BCUT2D eigenvalue weighted by Crippen LogP contribution is 2.18. The number of ether oxygens (including phenoxy) is 2. The summed E-state index contributed by atoms with van der Waals surface area (Å²) in [5.41, 5.74) is -0.111. The Labute approximate surface area is 210 Å². The molecular weight excluding hydrogens is 462 g/mol. The van der Waals surface area contributed by atoms with Gasteiger partial charge in [0.25, 0.3) is 5.56 Å². The standard InChI is InChI=1S/C26H37N5O5/c1-6-7-14-30-24-23(25(33)28-26(30)34)31(17-18(2)3)21(27-24)12-13-22(32)29(4)15-16-36-20-10-8-19(35-5)9-11-20/h8-11,18H,6-7,12-17H2,1-5H3,(H,28,33,34). The molecule has 1 amide bonds. The highest BCUT2D eigenvalue weighted by molar-refractivity contribution is 5.76. The van der Waals surface area contributed by atoms with E-state index in [2.05, 4.69) is 23.8 Å². The number of carbonyl (C=O) groups is 1. The number of likely N-dealkylation sites (N-methyl/N-ethyl adjacent to an activating group) is 1. The Kier molecular flexibility index (Phi) is 9.32. The third-order valence-corrected chi connectivity index (χ3v) is 5.99. The van der Waals surface area contributed by atoms with E-state index in [9.17, 15) is 14.4 Å². The minimum Gasteiger partial charge on any atom is -0.497 e. The molecule has 0 fully saturated rings. The van der Waals surface area contributed by atoms with E-state index in [0.717, 1.165) is 18.6 Å². The quantitative estimate of drug-likeness (QED) is 0.387. The van der Waals surface area contributed by atoms with Gasteiger partial charge in [-0.2, -0.15) is 0 Å². The highest BCUT2D eigenvalue weighted by Gasteiger charge is 2.20. The van der Waals surface area contributed by atoms with Gasteiger partial charge in [0.1, 0.15) is 23.9 Å². The summed E-state index contributed by atoms with van der Waals surface area (Å²) in [6.07, 6.45) is 2.31. The zero-order valence-electron chi connectivity index (χ0n) is 21.9. The van der Waals surface area contributed by atoms with Crippen molar-refractivity contribution in [2.45, 2.75) is 59.5 Å². The number of fused-ring (bicyclic) bond motifs is 1. The normalized spacial score (nSPS) is 11.3. The number of imidazole rings is 1. The van der Waals surface area contributed by atoms with Gasteiger partial charge in [0.05, 0.1) is 13.7 Å². The fourth-order valence-electron chi connectivity index (χ4n) is 4.00. The van der Waals surface area contributed by atoms with Gasteiger partial charge >= 0.3 is 5.69 Å². The van der Waals surface area contributed by atoms with E-state index < -0.39 is 11.2 Å². The highest BCUT2D eigenvalue weighted by atomic mass is 16.5. The lowest BCUT2D eigenvalue weighted by Gasteiger charge is -2.18. The zero-order chi connectivity index (χ0) is 26.2. The van der Waals surface area contributed by atoms with Crippen LogP contribution >= 0.6 is 0 Å². The van der Waals surface area contributed by atoms with E-state index in [1.165, 1.54) is 4.57 Å². The number of hydrogen-bond donors (Lipinski definition) is 1. The molecule has 0 saturated carbocycles. The molecule has 10 heteroatoms. The van der Waals surface area contributed by atoms with Crippen molar-refractivity contribution in [1.82, 2.24) is 24.0 Å². The first-order valence-corrected chi connectivity index (χ1v) is 12.5. The summed E-state index contributed by atoms with van der Waals surface area (Å²) in [5, 5.41) is 0.